The first kappa shape index (κ1) is 20.7. The summed E-state index contributed by atoms with van der Waals surface area (Å²) in [7, 11) is 1.53. The largest absolute Gasteiger partial charge is 0.496 e. The van der Waals surface area contributed by atoms with Gasteiger partial charge in [0.05, 0.1) is 12.7 Å². The van der Waals surface area contributed by atoms with E-state index in [9.17, 15) is 4.79 Å². The van der Waals surface area contributed by atoms with E-state index in [0.29, 0.717) is 28.6 Å². The molecule has 1 aliphatic heterocycles. The Bertz CT molecular complexity index is 1010. The Kier molecular flexibility index (Phi) is 6.72. The number of aromatic nitrogens is 1. The number of hydrogen-bond donors (Lipinski definition) is 1. The minimum absolute atomic E-state index is 0.220. The van der Waals surface area contributed by atoms with Crippen LogP contribution in [0.3, 0.4) is 0 Å². The number of hydrogen-bond acceptors (Lipinski definition) is 5. The molecule has 150 valence electrons. The van der Waals surface area contributed by atoms with Crippen LogP contribution >= 0.6 is 15.9 Å². The van der Waals surface area contributed by atoms with E-state index < -0.39 is 0 Å². The number of carbonyl (C=O) groups is 1. The highest BCUT2D eigenvalue weighted by molar-refractivity contribution is 9.10. The highest BCUT2D eigenvalue weighted by atomic mass is 79.9. The molecule has 0 unspecified atom stereocenters. The number of ether oxygens (including phenoxy) is 3. The van der Waals surface area contributed by atoms with Crippen LogP contribution in [0.1, 0.15) is 24.2 Å². The van der Waals surface area contributed by atoms with Gasteiger partial charge in [-0.25, -0.2) is 4.98 Å². The molecular formula is C22H21BrN2O4. The number of rotatable bonds is 4. The first-order chi connectivity index (χ1) is 14.2. The molecule has 7 heteroatoms. The van der Waals surface area contributed by atoms with Crippen LogP contribution in [-0.4, -0.2) is 24.8 Å². The van der Waals surface area contributed by atoms with Crippen LogP contribution in [0.25, 0.3) is 11.1 Å². The maximum absolute atomic E-state index is 12.5. The maximum Gasteiger partial charge on any atom is 0.260 e. The van der Waals surface area contributed by atoms with E-state index in [1.807, 2.05) is 38.1 Å². The van der Waals surface area contributed by atoms with Gasteiger partial charge in [-0.2, -0.15) is 0 Å². The monoisotopic (exact) mass is 456 g/mol. The molecule has 0 spiro atoms. The molecule has 0 saturated heterocycles. The predicted molar refractivity (Wildman–Crippen MR) is 116 cm³/mol. The lowest BCUT2D eigenvalue weighted by molar-refractivity contribution is 0.102. The number of benzene rings is 2. The van der Waals surface area contributed by atoms with Gasteiger partial charge in [-0.1, -0.05) is 41.9 Å². The second-order valence-electron chi connectivity index (χ2n) is 5.77. The fourth-order valence-corrected chi connectivity index (χ4v) is 3.33. The van der Waals surface area contributed by atoms with Gasteiger partial charge in [0.2, 0.25) is 6.79 Å². The third-order valence-corrected chi connectivity index (χ3v) is 4.79. The van der Waals surface area contributed by atoms with Crippen molar-refractivity contribution in [3.8, 4) is 28.4 Å². The first-order valence-corrected chi connectivity index (χ1v) is 9.95. The van der Waals surface area contributed by atoms with Crippen LogP contribution in [-0.2, 0) is 0 Å². The van der Waals surface area contributed by atoms with E-state index in [1.165, 1.54) is 7.11 Å². The fourth-order valence-electron chi connectivity index (χ4n) is 2.78. The summed E-state index contributed by atoms with van der Waals surface area (Å²) in [5.74, 6) is 2.08. The number of nitrogens with zero attached hydrogens (tertiary/aromatic N) is 1. The first-order valence-electron chi connectivity index (χ1n) is 9.15. The van der Waals surface area contributed by atoms with Gasteiger partial charge >= 0.3 is 0 Å². The lowest BCUT2D eigenvalue weighted by Crippen LogP contribution is -2.13. The van der Waals surface area contributed by atoms with Gasteiger partial charge in [-0.15, -0.1) is 0 Å². The molecule has 0 atom stereocenters. The van der Waals surface area contributed by atoms with Crippen molar-refractivity contribution in [3.63, 3.8) is 0 Å². The Labute approximate surface area is 178 Å². The van der Waals surface area contributed by atoms with Crippen molar-refractivity contribution in [1.82, 2.24) is 4.98 Å². The van der Waals surface area contributed by atoms with Crippen LogP contribution in [0.2, 0.25) is 0 Å². The summed E-state index contributed by atoms with van der Waals surface area (Å²) in [6.07, 6.45) is 1.69. The molecule has 3 aromatic rings. The van der Waals surface area contributed by atoms with Gasteiger partial charge < -0.3 is 19.5 Å². The number of carbonyl (C=O) groups excluding carboxylic acids is 1. The average molecular weight is 457 g/mol. The molecule has 2 heterocycles. The van der Waals surface area contributed by atoms with E-state index in [0.717, 1.165) is 15.6 Å². The molecule has 0 aliphatic carbocycles. The minimum Gasteiger partial charge on any atom is -0.496 e. The second kappa shape index (κ2) is 9.43. The van der Waals surface area contributed by atoms with Crippen LogP contribution in [0.5, 0.6) is 17.2 Å². The molecule has 2 aromatic carbocycles. The van der Waals surface area contributed by atoms with Crippen molar-refractivity contribution in [3.05, 3.63) is 64.8 Å². The number of fused-ring (bicyclic) bond motifs is 1. The average Bonchev–Trinajstić information content (AvgIpc) is 3.22. The number of nitrogens with one attached hydrogen (secondary N) is 1. The third-order valence-electron chi connectivity index (χ3n) is 4.13. The summed E-state index contributed by atoms with van der Waals surface area (Å²) in [5, 5.41) is 2.78. The summed E-state index contributed by atoms with van der Waals surface area (Å²) in [6, 6.07) is 14.4. The molecule has 0 bridgehead atoms. The summed E-state index contributed by atoms with van der Waals surface area (Å²) in [5.41, 5.74) is 2.26. The molecule has 1 amide bonds. The van der Waals surface area contributed by atoms with Crippen molar-refractivity contribution < 1.29 is 19.0 Å². The van der Waals surface area contributed by atoms with Crippen LogP contribution in [0.4, 0.5) is 5.82 Å². The van der Waals surface area contributed by atoms with Crippen LogP contribution in [0, 0.1) is 0 Å². The van der Waals surface area contributed by atoms with Gasteiger partial charge in [0.1, 0.15) is 11.6 Å². The zero-order valence-electron chi connectivity index (χ0n) is 16.4. The molecule has 1 N–H and O–H groups in total. The maximum atomic E-state index is 12.5. The topological polar surface area (TPSA) is 69.7 Å². The van der Waals surface area contributed by atoms with E-state index >= 15 is 0 Å². The van der Waals surface area contributed by atoms with Crippen molar-refractivity contribution in [2.45, 2.75) is 13.8 Å². The van der Waals surface area contributed by atoms with Gasteiger partial charge in [-0.05, 0) is 36.4 Å². The molecule has 0 radical (unpaired) electrons. The number of para-hydroxylation sites is 1. The minimum atomic E-state index is -0.281. The Morgan fingerprint density at radius 2 is 1.83 bits per heavy atom. The number of halogens is 1. The van der Waals surface area contributed by atoms with Crippen molar-refractivity contribution in [2.24, 2.45) is 0 Å². The number of anilines is 1. The second-order valence-corrected chi connectivity index (χ2v) is 6.63. The lowest BCUT2D eigenvalue weighted by atomic mass is 10.1. The number of methoxy groups -OCH3 is 1. The Hall–Kier alpha value is -3.06. The molecule has 1 aromatic heterocycles. The van der Waals surface area contributed by atoms with Gasteiger partial charge in [0.25, 0.3) is 5.91 Å². The normalized spacial score (nSPS) is 11.3. The third kappa shape index (κ3) is 4.51. The summed E-state index contributed by atoms with van der Waals surface area (Å²) < 4.78 is 16.9. The standard InChI is InChI=1S/C20H15BrN2O4.C2H6/c1-25-16-5-3-2-4-13(16)20(24)23-19-7-6-12(10-22-19)14-8-17-18(9-15(14)21)27-11-26-17;1-2/h2-10H,11H2,1H3,(H,22,23,24);1-2H3. The van der Waals surface area contributed by atoms with E-state index in [1.54, 1.807) is 30.5 Å². The SMILES string of the molecule is CC.COc1ccccc1C(=O)Nc1ccc(-c2cc3c(cc2Br)OCO3)cn1. The quantitative estimate of drug-likeness (QED) is 0.558. The smallest absolute Gasteiger partial charge is 0.260 e. The number of pyridine rings is 1. The molecular weight excluding hydrogens is 436 g/mol. The Morgan fingerprint density at radius 1 is 1.10 bits per heavy atom. The van der Waals surface area contributed by atoms with E-state index in [4.69, 9.17) is 14.2 Å². The Balaban J connectivity index is 0.00000117. The van der Waals surface area contributed by atoms with Gasteiger partial charge in [0.15, 0.2) is 11.5 Å². The van der Waals surface area contributed by atoms with E-state index in [2.05, 4.69) is 26.2 Å². The zero-order chi connectivity index (χ0) is 20.8. The van der Waals surface area contributed by atoms with Crippen molar-refractivity contribution in [1.29, 1.82) is 0 Å². The molecule has 4 rings (SSSR count). The summed E-state index contributed by atoms with van der Waals surface area (Å²) in [4.78, 5) is 16.8. The van der Waals surface area contributed by atoms with Crippen LogP contribution in [0.15, 0.2) is 59.2 Å². The Morgan fingerprint density at radius 3 is 2.52 bits per heavy atom. The van der Waals surface area contributed by atoms with Gasteiger partial charge in [-0.3, -0.25) is 4.79 Å². The molecule has 0 saturated carbocycles. The molecule has 0 fully saturated rings. The molecule has 6 nitrogen and oxygen atoms in total. The zero-order valence-corrected chi connectivity index (χ0v) is 17.9. The van der Waals surface area contributed by atoms with Crippen LogP contribution < -0.4 is 19.5 Å². The van der Waals surface area contributed by atoms with Crippen molar-refractivity contribution in [2.75, 3.05) is 19.2 Å². The molecule has 29 heavy (non-hydrogen) atoms. The fraction of sp³-hybridized carbons (Fsp3) is 0.182. The lowest BCUT2D eigenvalue weighted by Gasteiger charge is -2.10. The number of amides is 1. The molecule has 1 aliphatic rings. The van der Waals surface area contributed by atoms with Gasteiger partial charge in [0, 0.05) is 21.8 Å². The predicted octanol–water partition coefficient (Wildman–Crippen LogP) is 5.53. The van der Waals surface area contributed by atoms with Crippen molar-refractivity contribution >= 4 is 27.7 Å². The highest BCUT2D eigenvalue weighted by Crippen LogP contribution is 2.41. The highest BCUT2D eigenvalue weighted by Gasteiger charge is 2.17. The summed E-state index contributed by atoms with van der Waals surface area (Å²) >= 11 is 3.54. The summed E-state index contributed by atoms with van der Waals surface area (Å²) in [6.45, 7) is 4.22. The van der Waals surface area contributed by atoms with E-state index in [-0.39, 0.29) is 12.7 Å².